The number of carbonyl (C=O) groups is 1. The summed E-state index contributed by atoms with van der Waals surface area (Å²) in [7, 11) is -3.39. The van der Waals surface area contributed by atoms with Crippen molar-refractivity contribution >= 4 is 38.7 Å². The molecule has 5 nitrogen and oxygen atoms in total. The number of carbonyl (C=O) groups excluding carboxylic acids is 1. The van der Waals surface area contributed by atoms with Crippen molar-refractivity contribution in [3.05, 3.63) is 23.2 Å². The molecule has 1 aromatic rings. The first-order chi connectivity index (χ1) is 8.69. The average Bonchev–Trinajstić information content (AvgIpc) is 2.20. The lowest BCUT2D eigenvalue weighted by atomic mass is 10.3. The zero-order valence-electron chi connectivity index (χ0n) is 10.8. The Hall–Kier alpha value is -1.27. The van der Waals surface area contributed by atoms with E-state index in [1.54, 1.807) is 19.9 Å². The Labute approximate surface area is 118 Å². The first kappa shape index (κ1) is 15.8. The summed E-state index contributed by atoms with van der Waals surface area (Å²) in [5.41, 5.74) is 6.33. The molecule has 1 aromatic carbocycles. The van der Waals surface area contributed by atoms with Gasteiger partial charge in [0.05, 0.1) is 16.5 Å². The zero-order valence-corrected chi connectivity index (χ0v) is 12.4. The molecule has 1 rings (SSSR count). The molecular formula is C12H17ClN2O3S. The van der Waals surface area contributed by atoms with E-state index in [1.807, 2.05) is 0 Å². The molecule has 19 heavy (non-hydrogen) atoms. The van der Waals surface area contributed by atoms with Crippen LogP contribution in [0.15, 0.2) is 18.2 Å². The van der Waals surface area contributed by atoms with Crippen molar-refractivity contribution < 1.29 is 13.2 Å². The average molecular weight is 305 g/mol. The van der Waals surface area contributed by atoms with Crippen LogP contribution in [-0.4, -0.2) is 25.8 Å². The van der Waals surface area contributed by atoms with Crippen molar-refractivity contribution in [2.45, 2.75) is 13.8 Å². The third-order valence-electron chi connectivity index (χ3n) is 2.22. The van der Waals surface area contributed by atoms with Gasteiger partial charge in [-0.25, -0.2) is 8.42 Å². The van der Waals surface area contributed by atoms with Gasteiger partial charge in [-0.2, -0.15) is 0 Å². The largest absolute Gasteiger partial charge is 0.397 e. The smallest absolute Gasteiger partial charge is 0.239 e. The highest BCUT2D eigenvalue weighted by atomic mass is 35.5. The molecule has 0 radical (unpaired) electrons. The summed E-state index contributed by atoms with van der Waals surface area (Å²) in [5.74, 6) is -1.14. The van der Waals surface area contributed by atoms with Crippen LogP contribution in [0.25, 0.3) is 0 Å². The van der Waals surface area contributed by atoms with Crippen molar-refractivity contribution in [1.29, 1.82) is 0 Å². The topological polar surface area (TPSA) is 89.3 Å². The second-order valence-electron chi connectivity index (χ2n) is 4.73. The summed E-state index contributed by atoms with van der Waals surface area (Å²) in [6, 6.07) is 4.58. The SMILES string of the molecule is CC(C)CS(=O)(=O)CC(=O)Nc1ccc(Cl)c(N)c1. The number of nitrogens with one attached hydrogen (secondary N) is 1. The van der Waals surface area contributed by atoms with Gasteiger partial charge in [-0.15, -0.1) is 0 Å². The van der Waals surface area contributed by atoms with Gasteiger partial charge in [0, 0.05) is 5.69 Å². The number of rotatable bonds is 5. The van der Waals surface area contributed by atoms with Gasteiger partial charge in [0.25, 0.3) is 0 Å². The monoisotopic (exact) mass is 304 g/mol. The Bertz CT molecular complexity index is 570. The fraction of sp³-hybridized carbons (Fsp3) is 0.417. The van der Waals surface area contributed by atoms with E-state index in [2.05, 4.69) is 5.32 Å². The number of amides is 1. The summed E-state index contributed by atoms with van der Waals surface area (Å²) in [5, 5.41) is 2.86. The maximum Gasteiger partial charge on any atom is 0.239 e. The highest BCUT2D eigenvalue weighted by Gasteiger charge is 2.18. The summed E-state index contributed by atoms with van der Waals surface area (Å²) in [4.78, 5) is 11.6. The van der Waals surface area contributed by atoms with Crippen molar-refractivity contribution in [3.8, 4) is 0 Å². The second-order valence-corrected chi connectivity index (χ2v) is 7.25. The number of nitrogens with two attached hydrogens (primary N) is 1. The quantitative estimate of drug-likeness (QED) is 0.813. The molecule has 3 N–H and O–H groups in total. The molecule has 0 aromatic heterocycles. The minimum absolute atomic E-state index is 0.0102. The van der Waals surface area contributed by atoms with E-state index in [4.69, 9.17) is 17.3 Å². The highest BCUT2D eigenvalue weighted by Crippen LogP contribution is 2.22. The molecular weight excluding hydrogens is 288 g/mol. The van der Waals surface area contributed by atoms with Gasteiger partial charge in [-0.1, -0.05) is 25.4 Å². The van der Waals surface area contributed by atoms with Crippen molar-refractivity contribution in [2.75, 3.05) is 22.6 Å². The van der Waals surface area contributed by atoms with Crippen LogP contribution in [-0.2, 0) is 14.6 Å². The fourth-order valence-corrected chi connectivity index (χ4v) is 3.31. The molecule has 0 unspecified atom stereocenters. The predicted octanol–water partition coefficient (Wildman–Crippen LogP) is 1.93. The second kappa shape index (κ2) is 6.25. The van der Waals surface area contributed by atoms with Crippen LogP contribution in [0, 0.1) is 5.92 Å². The van der Waals surface area contributed by atoms with Gasteiger partial charge in [-0.05, 0) is 24.1 Å². The summed E-state index contributed by atoms with van der Waals surface area (Å²) >= 11 is 5.75. The molecule has 0 saturated carbocycles. The van der Waals surface area contributed by atoms with E-state index in [0.29, 0.717) is 16.4 Å². The maximum absolute atomic E-state index is 11.7. The molecule has 0 saturated heterocycles. The number of nitrogen functional groups attached to an aromatic ring is 1. The van der Waals surface area contributed by atoms with Crippen LogP contribution in [0.3, 0.4) is 0 Å². The summed E-state index contributed by atoms with van der Waals surface area (Å²) < 4.78 is 23.3. The fourth-order valence-electron chi connectivity index (χ4n) is 1.59. The Morgan fingerprint density at radius 2 is 2.05 bits per heavy atom. The summed E-state index contributed by atoms with van der Waals surface area (Å²) in [6.45, 7) is 3.57. The minimum atomic E-state index is -3.39. The number of benzene rings is 1. The van der Waals surface area contributed by atoms with E-state index in [0.717, 1.165) is 0 Å². The Kier molecular flexibility index (Phi) is 5.20. The van der Waals surface area contributed by atoms with Gasteiger partial charge in [0.2, 0.25) is 5.91 Å². The van der Waals surface area contributed by atoms with Gasteiger partial charge in [0.1, 0.15) is 5.75 Å². The Morgan fingerprint density at radius 3 is 2.58 bits per heavy atom. The van der Waals surface area contributed by atoms with Crippen LogP contribution in [0.4, 0.5) is 11.4 Å². The molecule has 0 aliphatic heterocycles. The van der Waals surface area contributed by atoms with Crippen LogP contribution < -0.4 is 11.1 Å². The number of hydrogen-bond donors (Lipinski definition) is 2. The lowest BCUT2D eigenvalue weighted by molar-refractivity contribution is -0.113. The minimum Gasteiger partial charge on any atom is -0.397 e. The Balaban J connectivity index is 2.68. The van der Waals surface area contributed by atoms with Gasteiger partial charge in [-0.3, -0.25) is 4.79 Å². The molecule has 0 atom stereocenters. The molecule has 7 heteroatoms. The molecule has 0 aliphatic carbocycles. The molecule has 0 bridgehead atoms. The number of halogens is 1. The first-order valence-electron chi connectivity index (χ1n) is 5.75. The van der Waals surface area contributed by atoms with Gasteiger partial charge < -0.3 is 11.1 Å². The van der Waals surface area contributed by atoms with E-state index in [1.165, 1.54) is 12.1 Å². The van der Waals surface area contributed by atoms with Crippen LogP contribution in [0.2, 0.25) is 5.02 Å². The Morgan fingerprint density at radius 1 is 1.42 bits per heavy atom. The highest BCUT2D eigenvalue weighted by molar-refractivity contribution is 7.92. The van der Waals surface area contributed by atoms with Gasteiger partial charge >= 0.3 is 0 Å². The van der Waals surface area contributed by atoms with Crippen LogP contribution in [0.5, 0.6) is 0 Å². The summed E-state index contributed by atoms with van der Waals surface area (Å²) in [6.07, 6.45) is 0. The van der Waals surface area contributed by atoms with Crippen molar-refractivity contribution in [2.24, 2.45) is 5.92 Å². The zero-order chi connectivity index (χ0) is 14.6. The first-order valence-corrected chi connectivity index (χ1v) is 7.95. The normalized spacial score (nSPS) is 11.6. The third-order valence-corrected chi connectivity index (χ3v) is 4.44. The molecule has 1 amide bonds. The van der Waals surface area contributed by atoms with E-state index < -0.39 is 21.5 Å². The molecule has 0 aliphatic rings. The molecule has 106 valence electrons. The number of hydrogen-bond acceptors (Lipinski definition) is 4. The molecule has 0 fully saturated rings. The third kappa shape index (κ3) is 5.48. The van der Waals surface area contributed by atoms with Crippen molar-refractivity contribution in [3.63, 3.8) is 0 Å². The standard InChI is InChI=1S/C12H17ClN2O3S/c1-8(2)6-19(17,18)7-12(16)15-9-3-4-10(13)11(14)5-9/h3-5,8H,6-7,14H2,1-2H3,(H,15,16). The number of anilines is 2. The van der Waals surface area contributed by atoms with Crippen LogP contribution in [0.1, 0.15) is 13.8 Å². The van der Waals surface area contributed by atoms with Gasteiger partial charge in [0.15, 0.2) is 9.84 Å². The lowest BCUT2D eigenvalue weighted by Gasteiger charge is -2.09. The van der Waals surface area contributed by atoms with E-state index >= 15 is 0 Å². The maximum atomic E-state index is 11.7. The van der Waals surface area contributed by atoms with E-state index in [-0.39, 0.29) is 11.7 Å². The lowest BCUT2D eigenvalue weighted by Crippen LogP contribution is -2.26. The predicted molar refractivity (Wildman–Crippen MR) is 78.0 cm³/mol. The van der Waals surface area contributed by atoms with Crippen LogP contribution >= 0.6 is 11.6 Å². The number of sulfone groups is 1. The molecule has 0 spiro atoms. The van der Waals surface area contributed by atoms with Crippen molar-refractivity contribution in [1.82, 2.24) is 0 Å². The molecule has 0 heterocycles. The van der Waals surface area contributed by atoms with E-state index in [9.17, 15) is 13.2 Å².